The molecular weight excluding hydrogens is 309 g/mol. The first kappa shape index (κ1) is 17.5. The van der Waals surface area contributed by atoms with Crippen molar-refractivity contribution < 1.29 is 14.0 Å². The fourth-order valence-corrected chi connectivity index (χ4v) is 2.22. The lowest BCUT2D eigenvalue weighted by molar-refractivity contribution is -0.120. The molecule has 2 amide bonds. The van der Waals surface area contributed by atoms with E-state index < -0.39 is 17.6 Å². The lowest BCUT2D eigenvalue weighted by Crippen LogP contribution is -2.37. The van der Waals surface area contributed by atoms with E-state index in [1.807, 2.05) is 31.1 Å². The van der Waals surface area contributed by atoms with Crippen molar-refractivity contribution in [2.24, 2.45) is 0 Å². The number of nitrogens with zero attached hydrogens (tertiary/aromatic N) is 2. The Morgan fingerprint density at radius 1 is 1.04 bits per heavy atom. The SMILES string of the molecule is CC(=O)N(CC(=O)Nc1ccc(N(C)C)cc1)c1ccccc1F. The number of nitrogens with one attached hydrogen (secondary N) is 1. The average molecular weight is 329 g/mol. The molecule has 0 heterocycles. The first-order chi connectivity index (χ1) is 11.4. The van der Waals surface area contributed by atoms with Gasteiger partial charge in [0.1, 0.15) is 12.4 Å². The smallest absolute Gasteiger partial charge is 0.244 e. The molecule has 126 valence electrons. The summed E-state index contributed by atoms with van der Waals surface area (Å²) >= 11 is 0. The number of benzene rings is 2. The molecule has 2 aromatic carbocycles. The van der Waals surface area contributed by atoms with Gasteiger partial charge in [-0.2, -0.15) is 0 Å². The van der Waals surface area contributed by atoms with Crippen LogP contribution in [0.1, 0.15) is 6.92 Å². The maximum absolute atomic E-state index is 13.9. The Kier molecular flexibility index (Phi) is 5.52. The largest absolute Gasteiger partial charge is 0.378 e. The van der Waals surface area contributed by atoms with Crippen molar-refractivity contribution in [1.82, 2.24) is 0 Å². The third-order valence-electron chi connectivity index (χ3n) is 3.49. The molecule has 0 aliphatic heterocycles. The van der Waals surface area contributed by atoms with Crippen LogP contribution in [0.15, 0.2) is 48.5 Å². The van der Waals surface area contributed by atoms with E-state index in [0.717, 1.165) is 10.6 Å². The van der Waals surface area contributed by atoms with Crippen LogP contribution in [0, 0.1) is 5.82 Å². The van der Waals surface area contributed by atoms with Crippen molar-refractivity contribution in [2.75, 3.05) is 35.8 Å². The van der Waals surface area contributed by atoms with E-state index in [9.17, 15) is 14.0 Å². The van der Waals surface area contributed by atoms with Gasteiger partial charge in [0.15, 0.2) is 0 Å². The highest BCUT2D eigenvalue weighted by Gasteiger charge is 2.18. The molecule has 0 fully saturated rings. The molecule has 0 atom stereocenters. The number of para-hydroxylation sites is 1. The molecule has 2 rings (SSSR count). The highest BCUT2D eigenvalue weighted by atomic mass is 19.1. The van der Waals surface area contributed by atoms with Crippen LogP contribution in [0.5, 0.6) is 0 Å². The van der Waals surface area contributed by atoms with E-state index in [1.54, 1.807) is 18.2 Å². The monoisotopic (exact) mass is 329 g/mol. The number of anilines is 3. The summed E-state index contributed by atoms with van der Waals surface area (Å²) in [4.78, 5) is 27.0. The molecule has 0 radical (unpaired) electrons. The highest BCUT2D eigenvalue weighted by Crippen LogP contribution is 2.19. The number of carbonyl (C=O) groups excluding carboxylic acids is 2. The Labute approximate surface area is 140 Å². The molecule has 0 saturated carbocycles. The van der Waals surface area contributed by atoms with Gasteiger partial charge in [0.25, 0.3) is 0 Å². The van der Waals surface area contributed by atoms with Crippen molar-refractivity contribution in [3.05, 3.63) is 54.3 Å². The molecule has 0 aliphatic rings. The Balaban J connectivity index is 2.09. The van der Waals surface area contributed by atoms with Crippen molar-refractivity contribution >= 4 is 28.9 Å². The van der Waals surface area contributed by atoms with Crippen LogP contribution in [0.4, 0.5) is 21.5 Å². The number of hydrogen-bond acceptors (Lipinski definition) is 3. The zero-order valence-electron chi connectivity index (χ0n) is 13.9. The second-order valence-electron chi connectivity index (χ2n) is 5.55. The van der Waals surface area contributed by atoms with Gasteiger partial charge in [-0.25, -0.2) is 4.39 Å². The highest BCUT2D eigenvalue weighted by molar-refractivity contribution is 6.01. The van der Waals surface area contributed by atoms with Gasteiger partial charge in [-0.15, -0.1) is 0 Å². The number of rotatable bonds is 5. The molecular formula is C18H20FN3O2. The summed E-state index contributed by atoms with van der Waals surface area (Å²) in [5, 5.41) is 2.71. The topological polar surface area (TPSA) is 52.7 Å². The molecule has 0 saturated heterocycles. The molecule has 6 heteroatoms. The summed E-state index contributed by atoms with van der Waals surface area (Å²) < 4.78 is 13.9. The number of hydrogen-bond donors (Lipinski definition) is 1. The molecule has 0 spiro atoms. The minimum absolute atomic E-state index is 0.0862. The van der Waals surface area contributed by atoms with E-state index in [4.69, 9.17) is 0 Å². The van der Waals surface area contributed by atoms with E-state index in [0.29, 0.717) is 5.69 Å². The third-order valence-corrected chi connectivity index (χ3v) is 3.49. The summed E-state index contributed by atoms with van der Waals surface area (Å²) in [5.74, 6) is -1.35. The molecule has 24 heavy (non-hydrogen) atoms. The van der Waals surface area contributed by atoms with Crippen molar-refractivity contribution in [3.63, 3.8) is 0 Å². The second kappa shape index (κ2) is 7.59. The Hall–Kier alpha value is -2.89. The minimum atomic E-state index is -0.546. The van der Waals surface area contributed by atoms with Gasteiger partial charge in [-0.05, 0) is 36.4 Å². The van der Waals surface area contributed by atoms with Crippen molar-refractivity contribution in [3.8, 4) is 0 Å². The summed E-state index contributed by atoms with van der Waals surface area (Å²) in [6.45, 7) is 1.04. The van der Waals surface area contributed by atoms with E-state index in [-0.39, 0.29) is 12.2 Å². The molecule has 0 unspecified atom stereocenters. The first-order valence-corrected chi connectivity index (χ1v) is 7.48. The first-order valence-electron chi connectivity index (χ1n) is 7.48. The van der Waals surface area contributed by atoms with E-state index >= 15 is 0 Å². The predicted octanol–water partition coefficient (Wildman–Crippen LogP) is 2.88. The van der Waals surface area contributed by atoms with Gasteiger partial charge in [-0.3, -0.25) is 9.59 Å². The van der Waals surface area contributed by atoms with Crippen LogP contribution in [0.2, 0.25) is 0 Å². The molecule has 2 aromatic rings. The van der Waals surface area contributed by atoms with E-state index in [2.05, 4.69) is 5.32 Å². The van der Waals surface area contributed by atoms with Crippen LogP contribution in [0.3, 0.4) is 0 Å². The van der Waals surface area contributed by atoms with Crippen LogP contribution < -0.4 is 15.1 Å². The zero-order valence-corrected chi connectivity index (χ0v) is 13.9. The Morgan fingerprint density at radius 3 is 2.21 bits per heavy atom. The van der Waals surface area contributed by atoms with Gasteiger partial charge >= 0.3 is 0 Å². The lowest BCUT2D eigenvalue weighted by atomic mass is 10.2. The standard InChI is InChI=1S/C18H20FN3O2/c1-13(23)22(17-7-5-4-6-16(17)19)12-18(24)20-14-8-10-15(11-9-14)21(2)3/h4-11H,12H2,1-3H3,(H,20,24). The summed E-state index contributed by atoms with van der Waals surface area (Å²) in [6, 6.07) is 13.2. The Bertz CT molecular complexity index is 729. The third kappa shape index (κ3) is 4.32. The minimum Gasteiger partial charge on any atom is -0.378 e. The van der Waals surface area contributed by atoms with Crippen LogP contribution >= 0.6 is 0 Å². The van der Waals surface area contributed by atoms with Gasteiger partial charge in [0.2, 0.25) is 11.8 Å². The Morgan fingerprint density at radius 2 is 1.67 bits per heavy atom. The van der Waals surface area contributed by atoms with Gasteiger partial charge in [0.05, 0.1) is 5.69 Å². The summed E-state index contributed by atoms with van der Waals surface area (Å²) in [5.41, 5.74) is 1.70. The number of halogens is 1. The molecule has 1 N–H and O–H groups in total. The lowest BCUT2D eigenvalue weighted by Gasteiger charge is -2.21. The average Bonchev–Trinajstić information content (AvgIpc) is 2.53. The van der Waals surface area contributed by atoms with Crippen LogP contribution in [-0.4, -0.2) is 32.5 Å². The molecule has 0 aromatic heterocycles. The van der Waals surface area contributed by atoms with Crippen LogP contribution in [-0.2, 0) is 9.59 Å². The quantitative estimate of drug-likeness (QED) is 0.918. The van der Waals surface area contributed by atoms with Gasteiger partial charge < -0.3 is 15.1 Å². The van der Waals surface area contributed by atoms with Crippen molar-refractivity contribution in [1.29, 1.82) is 0 Å². The normalized spacial score (nSPS) is 10.2. The van der Waals surface area contributed by atoms with E-state index in [1.165, 1.54) is 25.1 Å². The zero-order chi connectivity index (χ0) is 17.7. The maximum atomic E-state index is 13.9. The number of carbonyl (C=O) groups is 2. The van der Waals surface area contributed by atoms with Gasteiger partial charge in [0, 0.05) is 32.4 Å². The molecule has 0 bridgehead atoms. The van der Waals surface area contributed by atoms with Crippen LogP contribution in [0.25, 0.3) is 0 Å². The maximum Gasteiger partial charge on any atom is 0.244 e. The molecule has 5 nitrogen and oxygen atoms in total. The van der Waals surface area contributed by atoms with Gasteiger partial charge in [-0.1, -0.05) is 12.1 Å². The fraction of sp³-hybridized carbons (Fsp3) is 0.222. The second-order valence-corrected chi connectivity index (χ2v) is 5.55. The number of amides is 2. The van der Waals surface area contributed by atoms with Crippen molar-refractivity contribution in [2.45, 2.75) is 6.92 Å². The summed E-state index contributed by atoms with van der Waals surface area (Å²) in [6.07, 6.45) is 0. The fourth-order valence-electron chi connectivity index (χ4n) is 2.22. The molecule has 0 aliphatic carbocycles. The summed E-state index contributed by atoms with van der Waals surface area (Å²) in [7, 11) is 3.85. The predicted molar refractivity (Wildman–Crippen MR) is 93.8 cm³/mol.